The van der Waals surface area contributed by atoms with Crippen molar-refractivity contribution in [3.8, 4) is 0 Å². The summed E-state index contributed by atoms with van der Waals surface area (Å²) in [7, 11) is 0. The summed E-state index contributed by atoms with van der Waals surface area (Å²) < 4.78 is 2.28. The zero-order chi connectivity index (χ0) is 13.9. The number of hydrogen-bond donors (Lipinski definition) is 1. The van der Waals surface area contributed by atoms with E-state index in [1.165, 1.54) is 16.5 Å². The van der Waals surface area contributed by atoms with Gasteiger partial charge in [0.05, 0.1) is 17.2 Å². The van der Waals surface area contributed by atoms with Gasteiger partial charge in [-0.2, -0.15) is 0 Å². The van der Waals surface area contributed by atoms with Crippen LogP contribution in [0.15, 0.2) is 35.8 Å². The predicted octanol–water partition coefficient (Wildman–Crippen LogP) is 3.56. The molecule has 0 saturated heterocycles. The Morgan fingerprint density at radius 1 is 1.30 bits per heavy atom. The van der Waals surface area contributed by atoms with Gasteiger partial charge in [-0.15, -0.1) is 11.3 Å². The molecule has 0 amide bonds. The normalized spacial score (nSPS) is 11.3. The molecule has 0 fully saturated rings. The lowest BCUT2D eigenvalue weighted by molar-refractivity contribution is 0.726. The van der Waals surface area contributed by atoms with Crippen LogP contribution in [0.4, 0.5) is 0 Å². The second-order valence-corrected chi connectivity index (χ2v) is 6.04. The van der Waals surface area contributed by atoms with E-state index >= 15 is 0 Å². The van der Waals surface area contributed by atoms with Gasteiger partial charge in [0.2, 0.25) is 0 Å². The highest BCUT2D eigenvalue weighted by molar-refractivity contribution is 7.09. The standard InChI is InChI=1S/C16H19N3S/c1-3-17-9-13-4-5-14-6-7-19(16(14)8-13)10-15-11-20-12(2)18-15/h4-8,11,17H,3,9-10H2,1-2H3. The lowest BCUT2D eigenvalue weighted by Gasteiger charge is -2.06. The smallest absolute Gasteiger partial charge is 0.0898 e. The molecular weight excluding hydrogens is 266 g/mol. The Labute approximate surface area is 123 Å². The predicted molar refractivity (Wildman–Crippen MR) is 85.3 cm³/mol. The summed E-state index contributed by atoms with van der Waals surface area (Å²) in [5, 5.41) is 7.93. The van der Waals surface area contributed by atoms with Gasteiger partial charge in [-0.05, 0) is 36.6 Å². The summed E-state index contributed by atoms with van der Waals surface area (Å²) in [5.41, 5.74) is 3.75. The maximum Gasteiger partial charge on any atom is 0.0898 e. The van der Waals surface area contributed by atoms with E-state index in [2.05, 4.69) is 64.6 Å². The molecule has 0 unspecified atom stereocenters. The van der Waals surface area contributed by atoms with E-state index in [0.29, 0.717) is 0 Å². The Bertz CT molecular complexity index is 711. The Morgan fingerprint density at radius 2 is 2.20 bits per heavy atom. The fourth-order valence-corrected chi connectivity index (χ4v) is 3.01. The molecule has 0 aliphatic heterocycles. The van der Waals surface area contributed by atoms with E-state index in [1.54, 1.807) is 11.3 Å². The van der Waals surface area contributed by atoms with E-state index < -0.39 is 0 Å². The number of thiazole rings is 1. The first-order valence-electron chi connectivity index (χ1n) is 6.96. The molecule has 4 heteroatoms. The SMILES string of the molecule is CCNCc1ccc2ccn(Cc3csc(C)n3)c2c1. The molecular formula is C16H19N3S. The van der Waals surface area contributed by atoms with Crippen LogP contribution in [0.2, 0.25) is 0 Å². The van der Waals surface area contributed by atoms with E-state index in [-0.39, 0.29) is 0 Å². The summed E-state index contributed by atoms with van der Waals surface area (Å²) in [6.45, 7) is 6.95. The summed E-state index contributed by atoms with van der Waals surface area (Å²) in [4.78, 5) is 4.55. The molecule has 3 rings (SSSR count). The maximum absolute atomic E-state index is 4.55. The number of nitrogens with zero attached hydrogens (tertiary/aromatic N) is 2. The lowest BCUT2D eigenvalue weighted by atomic mass is 10.1. The topological polar surface area (TPSA) is 29.9 Å². The van der Waals surface area contributed by atoms with E-state index in [9.17, 15) is 0 Å². The Morgan fingerprint density at radius 3 is 2.95 bits per heavy atom. The highest BCUT2D eigenvalue weighted by Gasteiger charge is 2.05. The second kappa shape index (κ2) is 5.77. The van der Waals surface area contributed by atoms with Crippen LogP contribution in [0.25, 0.3) is 10.9 Å². The average Bonchev–Trinajstić information content (AvgIpc) is 3.04. The quantitative estimate of drug-likeness (QED) is 0.776. The molecule has 0 aliphatic rings. The third kappa shape index (κ3) is 2.76. The fourth-order valence-electron chi connectivity index (χ4n) is 2.40. The first-order valence-corrected chi connectivity index (χ1v) is 7.83. The van der Waals surface area contributed by atoms with Crippen LogP contribution in [0, 0.1) is 6.92 Å². The maximum atomic E-state index is 4.55. The third-order valence-electron chi connectivity index (χ3n) is 3.42. The highest BCUT2D eigenvalue weighted by atomic mass is 32.1. The van der Waals surface area contributed by atoms with Gasteiger partial charge in [0.25, 0.3) is 0 Å². The third-order valence-corrected chi connectivity index (χ3v) is 4.24. The first-order chi connectivity index (χ1) is 9.76. The van der Waals surface area contributed by atoms with Crippen LogP contribution in [0.1, 0.15) is 23.2 Å². The highest BCUT2D eigenvalue weighted by Crippen LogP contribution is 2.19. The van der Waals surface area contributed by atoms with Crippen molar-refractivity contribution in [3.05, 3.63) is 52.1 Å². The summed E-state index contributed by atoms with van der Waals surface area (Å²) in [5.74, 6) is 0. The monoisotopic (exact) mass is 285 g/mol. The van der Waals surface area contributed by atoms with Crippen molar-refractivity contribution in [2.45, 2.75) is 26.9 Å². The minimum atomic E-state index is 0.846. The Kier molecular flexibility index (Phi) is 3.85. The minimum Gasteiger partial charge on any atom is -0.341 e. The number of nitrogens with one attached hydrogen (secondary N) is 1. The van der Waals surface area contributed by atoms with E-state index in [4.69, 9.17) is 0 Å². The van der Waals surface area contributed by atoms with Crippen molar-refractivity contribution in [3.63, 3.8) is 0 Å². The van der Waals surface area contributed by atoms with Crippen LogP contribution in [0.5, 0.6) is 0 Å². The molecule has 104 valence electrons. The van der Waals surface area contributed by atoms with Crippen molar-refractivity contribution < 1.29 is 0 Å². The van der Waals surface area contributed by atoms with Gasteiger partial charge in [-0.3, -0.25) is 0 Å². The molecule has 2 heterocycles. The zero-order valence-corrected chi connectivity index (χ0v) is 12.7. The summed E-state index contributed by atoms with van der Waals surface area (Å²) in [6, 6.07) is 8.84. The van der Waals surface area contributed by atoms with Gasteiger partial charge in [-0.1, -0.05) is 19.1 Å². The van der Waals surface area contributed by atoms with Crippen LogP contribution in [0.3, 0.4) is 0 Å². The first kappa shape index (κ1) is 13.3. The molecule has 0 aliphatic carbocycles. The minimum absolute atomic E-state index is 0.846. The Balaban J connectivity index is 1.90. The van der Waals surface area contributed by atoms with Crippen LogP contribution >= 0.6 is 11.3 Å². The molecule has 0 saturated carbocycles. The number of hydrogen-bond acceptors (Lipinski definition) is 3. The molecule has 1 N–H and O–H groups in total. The van der Waals surface area contributed by atoms with E-state index in [0.717, 1.165) is 30.3 Å². The fraction of sp³-hybridized carbons (Fsp3) is 0.312. The van der Waals surface area contributed by atoms with Crippen LogP contribution in [-0.4, -0.2) is 16.1 Å². The molecule has 20 heavy (non-hydrogen) atoms. The van der Waals surface area contributed by atoms with Crippen molar-refractivity contribution in [1.29, 1.82) is 0 Å². The van der Waals surface area contributed by atoms with Gasteiger partial charge < -0.3 is 9.88 Å². The van der Waals surface area contributed by atoms with Gasteiger partial charge in [-0.25, -0.2) is 4.98 Å². The van der Waals surface area contributed by atoms with Crippen molar-refractivity contribution in [2.75, 3.05) is 6.54 Å². The average molecular weight is 285 g/mol. The Hall–Kier alpha value is -1.65. The van der Waals surface area contributed by atoms with Gasteiger partial charge in [0, 0.05) is 23.6 Å². The summed E-state index contributed by atoms with van der Waals surface area (Å²) >= 11 is 1.71. The molecule has 0 atom stereocenters. The van der Waals surface area contributed by atoms with Crippen molar-refractivity contribution in [2.24, 2.45) is 0 Å². The molecule has 3 nitrogen and oxygen atoms in total. The van der Waals surface area contributed by atoms with Crippen LogP contribution < -0.4 is 5.32 Å². The van der Waals surface area contributed by atoms with Gasteiger partial charge >= 0.3 is 0 Å². The number of benzene rings is 1. The number of rotatable bonds is 5. The number of fused-ring (bicyclic) bond motifs is 1. The molecule has 1 aromatic carbocycles. The van der Waals surface area contributed by atoms with E-state index in [1.807, 2.05) is 0 Å². The van der Waals surface area contributed by atoms with Crippen LogP contribution in [-0.2, 0) is 13.1 Å². The number of aryl methyl sites for hydroxylation is 1. The van der Waals surface area contributed by atoms with Gasteiger partial charge in [0.15, 0.2) is 0 Å². The molecule has 0 radical (unpaired) electrons. The summed E-state index contributed by atoms with van der Waals surface area (Å²) in [6.07, 6.45) is 2.15. The van der Waals surface area contributed by atoms with Crippen molar-refractivity contribution in [1.82, 2.24) is 14.9 Å². The zero-order valence-electron chi connectivity index (χ0n) is 11.9. The van der Waals surface area contributed by atoms with Crippen molar-refractivity contribution >= 4 is 22.2 Å². The number of aromatic nitrogens is 2. The lowest BCUT2D eigenvalue weighted by Crippen LogP contribution is -2.11. The molecule has 3 aromatic rings. The second-order valence-electron chi connectivity index (χ2n) is 4.97. The van der Waals surface area contributed by atoms with Gasteiger partial charge in [0.1, 0.15) is 0 Å². The largest absolute Gasteiger partial charge is 0.341 e. The molecule has 0 spiro atoms. The molecule has 0 bridgehead atoms. The molecule has 2 aromatic heterocycles.